The molecule has 1 N–H and O–H groups in total. The van der Waals surface area contributed by atoms with Gasteiger partial charge in [0, 0.05) is 17.1 Å². The van der Waals surface area contributed by atoms with E-state index in [1.165, 1.54) is 51.4 Å². The van der Waals surface area contributed by atoms with Crippen molar-refractivity contribution in [2.24, 2.45) is 0 Å². The number of fused-ring (bicyclic) bond motifs is 1. The summed E-state index contributed by atoms with van der Waals surface area (Å²) < 4.78 is 2.26. The Labute approximate surface area is 191 Å². The molecule has 1 amide bonds. The lowest BCUT2D eigenvalue weighted by molar-refractivity contribution is 0.0949. The van der Waals surface area contributed by atoms with E-state index < -0.39 is 0 Å². The smallest absolute Gasteiger partial charge is 0.251 e. The first-order valence-corrected chi connectivity index (χ1v) is 12.0. The average Bonchev–Trinajstić information content (AvgIpc) is 3.14. The summed E-state index contributed by atoms with van der Waals surface area (Å²) in [7, 11) is 0. The van der Waals surface area contributed by atoms with Gasteiger partial charge in [-0.25, -0.2) is 4.98 Å². The molecule has 0 fully saturated rings. The van der Waals surface area contributed by atoms with Gasteiger partial charge in [0.15, 0.2) is 0 Å². The fourth-order valence-corrected chi connectivity index (χ4v) is 4.17. The second-order valence-corrected chi connectivity index (χ2v) is 8.63. The number of hydrogen-bond donors (Lipinski definition) is 1. The predicted octanol–water partition coefficient (Wildman–Crippen LogP) is 7.15. The van der Waals surface area contributed by atoms with Gasteiger partial charge < -0.3 is 9.88 Å². The number of nitrogens with zero attached hydrogens (tertiary/aromatic N) is 2. The van der Waals surface area contributed by atoms with Gasteiger partial charge >= 0.3 is 0 Å². The van der Waals surface area contributed by atoms with Crippen LogP contribution in [0.2, 0.25) is 5.02 Å². The van der Waals surface area contributed by atoms with Gasteiger partial charge in [0.1, 0.15) is 5.82 Å². The van der Waals surface area contributed by atoms with Crippen LogP contribution in [0.5, 0.6) is 0 Å². The molecule has 4 nitrogen and oxygen atoms in total. The van der Waals surface area contributed by atoms with Crippen LogP contribution < -0.4 is 5.32 Å². The van der Waals surface area contributed by atoms with Crippen molar-refractivity contribution in [3.63, 3.8) is 0 Å². The van der Waals surface area contributed by atoms with Crippen molar-refractivity contribution in [2.45, 2.75) is 77.8 Å². The first-order valence-electron chi connectivity index (χ1n) is 11.7. The second kappa shape index (κ2) is 12.5. The van der Waals surface area contributed by atoms with Crippen LogP contribution in [-0.2, 0) is 13.1 Å². The van der Waals surface area contributed by atoms with E-state index in [1.54, 1.807) is 24.3 Å². The lowest BCUT2D eigenvalue weighted by Gasteiger charge is -2.11. The van der Waals surface area contributed by atoms with Gasteiger partial charge in [-0.3, -0.25) is 4.79 Å². The highest BCUT2D eigenvalue weighted by Crippen LogP contribution is 2.18. The minimum Gasteiger partial charge on any atom is -0.345 e. The molecule has 0 unspecified atom stereocenters. The fourth-order valence-electron chi connectivity index (χ4n) is 3.98. The molecule has 1 heterocycles. The van der Waals surface area contributed by atoms with Crippen LogP contribution in [0.15, 0.2) is 48.5 Å². The van der Waals surface area contributed by atoms with Crippen molar-refractivity contribution in [1.29, 1.82) is 0 Å². The number of aromatic nitrogens is 2. The topological polar surface area (TPSA) is 46.9 Å². The molecule has 0 aliphatic rings. The highest BCUT2D eigenvalue weighted by molar-refractivity contribution is 6.30. The van der Waals surface area contributed by atoms with Crippen LogP contribution in [0, 0.1) is 0 Å². The molecule has 0 saturated carbocycles. The monoisotopic (exact) mass is 439 g/mol. The lowest BCUT2D eigenvalue weighted by Crippen LogP contribution is -2.24. The van der Waals surface area contributed by atoms with Gasteiger partial charge in [-0.15, -0.1) is 0 Å². The van der Waals surface area contributed by atoms with Crippen molar-refractivity contribution in [1.82, 2.24) is 14.9 Å². The summed E-state index contributed by atoms with van der Waals surface area (Å²) in [6.07, 6.45) is 11.8. The van der Waals surface area contributed by atoms with Crippen LogP contribution in [0.25, 0.3) is 11.0 Å². The molecule has 1 aromatic heterocycles. The quantitative estimate of drug-likeness (QED) is 0.287. The summed E-state index contributed by atoms with van der Waals surface area (Å²) in [6, 6.07) is 15.2. The molecule has 2 aromatic carbocycles. The number of rotatable bonds is 13. The number of carbonyl (C=O) groups excluding carboxylic acids is 1. The number of carbonyl (C=O) groups is 1. The van der Waals surface area contributed by atoms with Crippen molar-refractivity contribution in [3.05, 3.63) is 64.9 Å². The SMILES string of the molecule is CCCCCCCCCCCn1c(CNC(=O)c2cccc(Cl)c2)nc2ccccc21. The zero-order chi connectivity index (χ0) is 21.9. The molecule has 0 atom stereocenters. The molecule has 166 valence electrons. The first-order chi connectivity index (χ1) is 15.2. The first kappa shape index (κ1) is 23.3. The number of para-hydroxylation sites is 2. The summed E-state index contributed by atoms with van der Waals surface area (Å²) in [5.74, 6) is 0.764. The molecule has 0 spiro atoms. The number of unbranched alkanes of at least 4 members (excludes halogenated alkanes) is 8. The Morgan fingerprint density at radius 2 is 1.65 bits per heavy atom. The normalized spacial score (nSPS) is 11.2. The Bertz CT molecular complexity index is 966. The van der Waals surface area contributed by atoms with Gasteiger partial charge in [0.2, 0.25) is 0 Å². The molecule has 5 heteroatoms. The van der Waals surface area contributed by atoms with Crippen molar-refractivity contribution in [3.8, 4) is 0 Å². The highest BCUT2D eigenvalue weighted by atomic mass is 35.5. The van der Waals surface area contributed by atoms with E-state index in [9.17, 15) is 4.79 Å². The van der Waals surface area contributed by atoms with Crippen LogP contribution in [0.3, 0.4) is 0 Å². The van der Waals surface area contributed by atoms with Crippen molar-refractivity contribution in [2.75, 3.05) is 0 Å². The van der Waals surface area contributed by atoms with Gasteiger partial charge in [0.05, 0.1) is 17.6 Å². The fraction of sp³-hybridized carbons (Fsp3) is 0.462. The van der Waals surface area contributed by atoms with Gasteiger partial charge in [-0.05, 0) is 36.8 Å². The third-order valence-electron chi connectivity index (χ3n) is 5.71. The maximum Gasteiger partial charge on any atom is 0.251 e. The summed E-state index contributed by atoms with van der Waals surface area (Å²) >= 11 is 6.01. The molecule has 0 radical (unpaired) electrons. The Hall–Kier alpha value is -2.33. The minimum atomic E-state index is -0.135. The number of amides is 1. The highest BCUT2D eigenvalue weighted by Gasteiger charge is 2.12. The summed E-state index contributed by atoms with van der Waals surface area (Å²) in [5, 5.41) is 3.56. The number of hydrogen-bond acceptors (Lipinski definition) is 2. The van der Waals surface area contributed by atoms with E-state index in [2.05, 4.69) is 22.9 Å². The predicted molar refractivity (Wildman–Crippen MR) is 130 cm³/mol. The Balaban J connectivity index is 1.54. The summed E-state index contributed by atoms with van der Waals surface area (Å²) in [6.45, 7) is 3.59. The van der Waals surface area contributed by atoms with Gasteiger partial charge in [0.25, 0.3) is 5.91 Å². The Morgan fingerprint density at radius 1 is 0.935 bits per heavy atom. The zero-order valence-electron chi connectivity index (χ0n) is 18.6. The maximum atomic E-state index is 12.5. The molecular formula is C26H34ClN3O. The maximum absolute atomic E-state index is 12.5. The van der Waals surface area contributed by atoms with Crippen LogP contribution in [0.1, 0.15) is 80.9 Å². The molecule has 0 aliphatic carbocycles. The standard InChI is InChI=1S/C26H34ClN3O/c1-2-3-4-5-6-7-8-9-12-18-30-24-17-11-10-16-23(24)29-25(30)20-28-26(31)21-14-13-15-22(27)19-21/h10-11,13-17,19H,2-9,12,18,20H2,1H3,(H,28,31). The van der Waals surface area contributed by atoms with E-state index in [1.807, 2.05) is 18.2 Å². The molecule has 0 aliphatic heterocycles. The zero-order valence-corrected chi connectivity index (χ0v) is 19.3. The number of aryl methyl sites for hydroxylation is 1. The molecule has 0 saturated heterocycles. The molecular weight excluding hydrogens is 406 g/mol. The minimum absolute atomic E-state index is 0.135. The van der Waals surface area contributed by atoms with E-state index >= 15 is 0 Å². The van der Waals surface area contributed by atoms with E-state index in [4.69, 9.17) is 16.6 Å². The third-order valence-corrected chi connectivity index (χ3v) is 5.95. The Morgan fingerprint density at radius 3 is 2.39 bits per heavy atom. The summed E-state index contributed by atoms with van der Waals surface area (Å²) in [4.78, 5) is 17.3. The third kappa shape index (κ3) is 7.10. The summed E-state index contributed by atoms with van der Waals surface area (Å²) in [5.41, 5.74) is 2.67. The van der Waals surface area contributed by atoms with Crippen LogP contribution in [0.4, 0.5) is 0 Å². The van der Waals surface area contributed by atoms with E-state index in [0.29, 0.717) is 17.1 Å². The number of nitrogens with one attached hydrogen (secondary N) is 1. The van der Waals surface area contributed by atoms with Crippen LogP contribution in [-0.4, -0.2) is 15.5 Å². The molecule has 3 aromatic rings. The number of benzene rings is 2. The number of imidazole rings is 1. The molecule has 31 heavy (non-hydrogen) atoms. The second-order valence-electron chi connectivity index (χ2n) is 8.19. The van der Waals surface area contributed by atoms with E-state index in [-0.39, 0.29) is 5.91 Å². The van der Waals surface area contributed by atoms with Crippen molar-refractivity contribution >= 4 is 28.5 Å². The Kier molecular flexibility index (Phi) is 9.41. The van der Waals surface area contributed by atoms with E-state index in [0.717, 1.165) is 29.8 Å². The van der Waals surface area contributed by atoms with Gasteiger partial charge in [-0.2, -0.15) is 0 Å². The number of halogens is 1. The largest absolute Gasteiger partial charge is 0.345 e. The van der Waals surface area contributed by atoms with Gasteiger partial charge in [-0.1, -0.05) is 88.1 Å². The molecule has 0 bridgehead atoms. The van der Waals surface area contributed by atoms with Crippen LogP contribution >= 0.6 is 11.6 Å². The van der Waals surface area contributed by atoms with Crippen molar-refractivity contribution < 1.29 is 4.79 Å². The average molecular weight is 440 g/mol. The molecule has 3 rings (SSSR count). The lowest BCUT2D eigenvalue weighted by atomic mass is 10.1.